The van der Waals surface area contributed by atoms with Crippen LogP contribution in [0.4, 0.5) is 4.39 Å². The number of benzene rings is 3. The van der Waals surface area contributed by atoms with Gasteiger partial charge in [-0.15, -0.1) is 0 Å². The first-order valence-electron chi connectivity index (χ1n) is 9.13. The fraction of sp³-hybridized carbons (Fsp3) is 0.174. The van der Waals surface area contributed by atoms with E-state index in [1.807, 2.05) is 36.4 Å². The Bertz CT molecular complexity index is 968. The zero-order valence-corrected chi connectivity index (χ0v) is 17.1. The van der Waals surface area contributed by atoms with E-state index in [9.17, 15) is 19.4 Å². The van der Waals surface area contributed by atoms with Crippen molar-refractivity contribution in [2.24, 2.45) is 5.92 Å². The van der Waals surface area contributed by atoms with Crippen molar-refractivity contribution in [2.45, 2.75) is 18.7 Å². The molecule has 0 heterocycles. The van der Waals surface area contributed by atoms with E-state index in [0.29, 0.717) is 4.47 Å². The second kappa shape index (κ2) is 9.31. The molecule has 3 N–H and O–H groups in total. The van der Waals surface area contributed by atoms with Gasteiger partial charge in [-0.2, -0.15) is 0 Å². The van der Waals surface area contributed by atoms with Crippen molar-refractivity contribution in [3.05, 3.63) is 106 Å². The minimum atomic E-state index is -2.12. The summed E-state index contributed by atoms with van der Waals surface area (Å²) in [6.07, 6.45) is 0.0317. The van der Waals surface area contributed by atoms with Crippen LogP contribution in [0.25, 0.3) is 0 Å². The summed E-state index contributed by atoms with van der Waals surface area (Å²) in [5, 5.41) is 24.4. The maximum absolute atomic E-state index is 14.8. The molecule has 0 fully saturated rings. The lowest BCUT2D eigenvalue weighted by atomic mass is 9.83. The van der Waals surface area contributed by atoms with Crippen LogP contribution in [-0.2, 0) is 23.5 Å². The molecule has 0 aliphatic carbocycles. The van der Waals surface area contributed by atoms with Crippen LogP contribution in [-0.4, -0.2) is 16.2 Å². The summed E-state index contributed by atoms with van der Waals surface area (Å²) >= 11 is 3.20. The maximum Gasteiger partial charge on any atom is 0.311 e. The monoisotopic (exact) mass is 457 g/mol. The Morgan fingerprint density at radius 2 is 1.59 bits per heavy atom. The first-order valence-corrected chi connectivity index (χ1v) is 9.93. The van der Waals surface area contributed by atoms with Gasteiger partial charge in [-0.25, -0.2) is 4.39 Å². The lowest BCUT2D eigenvalue weighted by Gasteiger charge is -2.36. The van der Waals surface area contributed by atoms with Gasteiger partial charge in [0.2, 0.25) is 0 Å². The van der Waals surface area contributed by atoms with Gasteiger partial charge in [-0.3, -0.25) is 10.1 Å². The third kappa shape index (κ3) is 5.09. The second-order valence-electron chi connectivity index (χ2n) is 6.81. The Balaban J connectivity index is 2.02. The molecule has 0 unspecified atom stereocenters. The molecule has 2 atom stereocenters. The van der Waals surface area contributed by atoms with E-state index >= 15 is 0 Å². The molecule has 6 heteroatoms. The highest BCUT2D eigenvalue weighted by Gasteiger charge is 2.44. The molecule has 0 aromatic heterocycles. The number of carboxylic acids is 1. The van der Waals surface area contributed by atoms with E-state index < -0.39 is 23.4 Å². The van der Waals surface area contributed by atoms with Gasteiger partial charge in [0.25, 0.3) is 0 Å². The number of rotatable bonds is 8. The third-order valence-corrected chi connectivity index (χ3v) is 5.32. The molecule has 3 rings (SSSR count). The van der Waals surface area contributed by atoms with Crippen molar-refractivity contribution in [1.29, 1.82) is 0 Å². The molecule has 0 spiro atoms. The molecule has 150 valence electrons. The van der Waals surface area contributed by atoms with E-state index in [4.69, 9.17) is 0 Å². The number of carbonyl (C=O) groups is 1. The molecule has 4 nitrogen and oxygen atoms in total. The summed E-state index contributed by atoms with van der Waals surface area (Å²) in [5.41, 5.74) is -0.660. The zero-order valence-electron chi connectivity index (χ0n) is 15.6. The molecule has 29 heavy (non-hydrogen) atoms. The number of hydrogen-bond acceptors (Lipinski definition) is 3. The minimum Gasteiger partial charge on any atom is -0.481 e. The van der Waals surface area contributed by atoms with Crippen molar-refractivity contribution >= 4 is 21.9 Å². The second-order valence-corrected chi connectivity index (χ2v) is 7.73. The van der Waals surface area contributed by atoms with Gasteiger partial charge in [0, 0.05) is 16.6 Å². The Labute approximate surface area is 177 Å². The maximum atomic E-state index is 14.8. The van der Waals surface area contributed by atoms with Crippen molar-refractivity contribution in [2.75, 3.05) is 0 Å². The van der Waals surface area contributed by atoms with Crippen LogP contribution in [0.5, 0.6) is 0 Å². The van der Waals surface area contributed by atoms with Crippen LogP contribution in [0, 0.1) is 11.7 Å². The van der Waals surface area contributed by atoms with Crippen molar-refractivity contribution in [3.8, 4) is 0 Å². The first kappa shape index (κ1) is 21.2. The predicted molar refractivity (Wildman–Crippen MR) is 113 cm³/mol. The molecule has 0 bridgehead atoms. The topological polar surface area (TPSA) is 69.6 Å². The molecule has 0 saturated carbocycles. The van der Waals surface area contributed by atoms with Gasteiger partial charge in [0.1, 0.15) is 11.7 Å². The molecule has 3 aromatic carbocycles. The summed E-state index contributed by atoms with van der Waals surface area (Å²) in [6.45, 7) is 0.172. The van der Waals surface area contributed by atoms with Gasteiger partial charge >= 0.3 is 5.97 Å². The normalized spacial score (nSPS) is 14.2. The summed E-state index contributed by atoms with van der Waals surface area (Å²) < 4.78 is 15.3. The minimum absolute atomic E-state index is 0.0317. The lowest BCUT2D eigenvalue weighted by Crippen LogP contribution is -2.52. The van der Waals surface area contributed by atoms with Crippen LogP contribution in [0.2, 0.25) is 0 Å². The van der Waals surface area contributed by atoms with E-state index in [1.165, 1.54) is 12.1 Å². The van der Waals surface area contributed by atoms with Gasteiger partial charge in [-0.05, 0) is 29.7 Å². The number of halogens is 2. The fourth-order valence-corrected chi connectivity index (χ4v) is 3.63. The van der Waals surface area contributed by atoms with E-state index in [0.717, 1.165) is 11.1 Å². The fourth-order valence-electron chi connectivity index (χ4n) is 3.30. The summed E-state index contributed by atoms with van der Waals surface area (Å²) in [5.74, 6) is -3.23. The lowest BCUT2D eigenvalue weighted by molar-refractivity contribution is -0.157. The Morgan fingerprint density at radius 1 is 1.00 bits per heavy atom. The smallest absolute Gasteiger partial charge is 0.311 e. The predicted octanol–water partition coefficient (Wildman–Crippen LogP) is 4.47. The Kier molecular flexibility index (Phi) is 6.79. The van der Waals surface area contributed by atoms with Crippen LogP contribution in [0.15, 0.2) is 83.3 Å². The number of aliphatic carboxylic acids is 1. The number of aliphatic hydroxyl groups is 1. The van der Waals surface area contributed by atoms with Gasteiger partial charge in [0.05, 0.1) is 0 Å². The van der Waals surface area contributed by atoms with Crippen molar-refractivity contribution < 1.29 is 19.4 Å². The molecule has 0 saturated heterocycles. The van der Waals surface area contributed by atoms with Crippen LogP contribution in [0.3, 0.4) is 0 Å². The SMILES string of the molecule is O=C(O)[C@H](Cc1ccccc1)[C@](O)(NCc1ccccc1)c1ccc(Br)cc1F. The first-order chi connectivity index (χ1) is 13.9. The van der Waals surface area contributed by atoms with Gasteiger partial charge in [-0.1, -0.05) is 82.7 Å². The van der Waals surface area contributed by atoms with Crippen molar-refractivity contribution in [1.82, 2.24) is 5.32 Å². The number of carboxylic acid groups (broad SMARTS) is 1. The summed E-state index contributed by atoms with van der Waals surface area (Å²) in [7, 11) is 0. The summed E-state index contributed by atoms with van der Waals surface area (Å²) in [4.78, 5) is 12.2. The highest BCUT2D eigenvalue weighted by atomic mass is 79.9. The average Bonchev–Trinajstić information content (AvgIpc) is 2.71. The quantitative estimate of drug-likeness (QED) is 0.436. The summed E-state index contributed by atoms with van der Waals surface area (Å²) in [6, 6.07) is 22.4. The van der Waals surface area contributed by atoms with Crippen LogP contribution in [0.1, 0.15) is 16.7 Å². The molecule has 0 aliphatic rings. The number of hydrogen-bond donors (Lipinski definition) is 3. The average molecular weight is 458 g/mol. The Morgan fingerprint density at radius 3 is 2.14 bits per heavy atom. The van der Waals surface area contributed by atoms with E-state index in [-0.39, 0.29) is 18.5 Å². The van der Waals surface area contributed by atoms with Gasteiger partial charge in [0.15, 0.2) is 5.72 Å². The zero-order chi connectivity index (χ0) is 20.9. The van der Waals surface area contributed by atoms with Crippen LogP contribution < -0.4 is 5.32 Å². The molecule has 0 aliphatic heterocycles. The highest BCUT2D eigenvalue weighted by molar-refractivity contribution is 9.10. The molecule has 0 radical (unpaired) electrons. The van der Waals surface area contributed by atoms with E-state index in [1.54, 1.807) is 30.3 Å². The highest BCUT2D eigenvalue weighted by Crippen LogP contribution is 2.33. The third-order valence-electron chi connectivity index (χ3n) is 4.83. The standard InChI is InChI=1S/C23H21BrFNO3/c24-18-11-12-19(21(25)14-18)23(29,26-15-17-9-5-2-6-10-17)20(22(27)28)13-16-7-3-1-4-8-16/h1-12,14,20,26,29H,13,15H2,(H,27,28)/t20-,23-/m0/s1. The number of nitrogens with one attached hydrogen (secondary N) is 1. The van der Waals surface area contributed by atoms with Gasteiger partial charge < -0.3 is 10.2 Å². The molecular weight excluding hydrogens is 437 g/mol. The van der Waals surface area contributed by atoms with Crippen molar-refractivity contribution in [3.63, 3.8) is 0 Å². The molecule has 0 amide bonds. The molecule has 3 aromatic rings. The Hall–Kier alpha value is -2.54. The van der Waals surface area contributed by atoms with E-state index in [2.05, 4.69) is 21.2 Å². The largest absolute Gasteiger partial charge is 0.481 e. The molecular formula is C23H21BrFNO3. The van der Waals surface area contributed by atoms with Crippen LogP contribution >= 0.6 is 15.9 Å².